The molecule has 0 saturated heterocycles. The van der Waals surface area contributed by atoms with Crippen LogP contribution in [-0.4, -0.2) is 17.7 Å². The average molecular weight is 1120 g/mol. The van der Waals surface area contributed by atoms with Crippen molar-refractivity contribution < 1.29 is 28.2 Å². The van der Waals surface area contributed by atoms with Crippen molar-refractivity contribution in [2.75, 3.05) is 0 Å². The van der Waals surface area contributed by atoms with E-state index < -0.39 is 11.9 Å². The number of hydrogen-bond donors (Lipinski definition) is 0. The van der Waals surface area contributed by atoms with Gasteiger partial charge in [-0.3, -0.25) is 4.79 Å². The van der Waals surface area contributed by atoms with Crippen LogP contribution < -0.4 is 4.74 Å². The minimum atomic E-state index is -0.466. The third-order valence-electron chi connectivity index (χ3n) is 14.9. The van der Waals surface area contributed by atoms with Gasteiger partial charge in [0.1, 0.15) is 18.2 Å². The number of ketones is 1. The Morgan fingerprint density at radius 3 is 1.37 bits per heavy atom. The molecule has 0 spiro atoms. The molecule has 0 bridgehead atoms. The van der Waals surface area contributed by atoms with Crippen LogP contribution in [0.2, 0.25) is 0 Å². The normalized spacial score (nSPS) is 10.6. The van der Waals surface area contributed by atoms with E-state index in [1.807, 2.05) is 24.3 Å². The Bertz CT molecular complexity index is 3390. The molecule has 0 amide bonds. The zero-order valence-corrected chi connectivity index (χ0v) is 50.5. The van der Waals surface area contributed by atoms with Gasteiger partial charge in [0.25, 0.3) is 0 Å². The first-order valence-corrected chi connectivity index (χ1v) is 30.1. The van der Waals surface area contributed by atoms with E-state index in [4.69, 9.17) is 9.47 Å². The third-order valence-corrected chi connectivity index (χ3v) is 14.9. The molecule has 0 heterocycles. The van der Waals surface area contributed by atoms with Crippen LogP contribution in [0.4, 0.5) is 4.39 Å². The van der Waals surface area contributed by atoms with E-state index in [-0.39, 0.29) is 18.2 Å². The number of halogens is 1. The van der Waals surface area contributed by atoms with Gasteiger partial charge < -0.3 is 9.47 Å². The van der Waals surface area contributed by atoms with Crippen LogP contribution in [-0.2, 0) is 57.8 Å². The van der Waals surface area contributed by atoms with Crippen LogP contribution in [0.3, 0.4) is 0 Å². The summed E-state index contributed by atoms with van der Waals surface area (Å²) in [6.07, 6.45) is 16.8. The van der Waals surface area contributed by atoms with Crippen molar-refractivity contribution in [2.45, 2.75) is 138 Å². The number of Topliss-reactive ketones (excluding diaryl/α,β-unsaturated/α-hetero) is 1. The zero-order valence-electron chi connectivity index (χ0n) is 50.5. The van der Waals surface area contributed by atoms with E-state index in [2.05, 4.69) is 175 Å². The molecule has 5 nitrogen and oxygen atoms in total. The molecular weight excluding hydrogens is 1040 g/mol. The maximum Gasteiger partial charge on any atom is 0.338 e. The highest BCUT2D eigenvalue weighted by molar-refractivity contribution is 5.95. The number of ether oxygens (including phenoxy) is 2. The minimum Gasteiger partial charge on any atom is -0.458 e. The SMILES string of the molecule is C=C(C)C(=O)Cc1ccc(-c2ccc(-c3ccc(CCCCC)cc3)cc2CC)cc1.C=C(C)C(=O)Oc1ccc(-c2ccc(CCCCCC)cc2F)cc1.C=CC(=O)OCc1ccc(-c2ccc(-c3ccc(CCCC)cc3)cc2)cc1. The molecule has 0 fully saturated rings. The minimum absolute atomic E-state index is 0.0998. The first-order valence-electron chi connectivity index (χ1n) is 30.1. The zero-order chi connectivity index (χ0) is 60.2. The molecule has 0 saturated carbocycles. The molecule has 0 aliphatic rings. The summed E-state index contributed by atoms with van der Waals surface area (Å²) in [5.41, 5.74) is 19.2. The van der Waals surface area contributed by atoms with Gasteiger partial charge in [0.05, 0.1) is 0 Å². The lowest BCUT2D eigenvalue weighted by Crippen LogP contribution is -2.07. The van der Waals surface area contributed by atoms with Gasteiger partial charge in [0.2, 0.25) is 0 Å². The van der Waals surface area contributed by atoms with E-state index >= 15 is 0 Å². The lowest BCUT2D eigenvalue weighted by atomic mass is 9.92. The predicted octanol–water partition coefficient (Wildman–Crippen LogP) is 20.7. The molecule has 0 radical (unpaired) electrons. The molecule has 434 valence electrons. The maximum atomic E-state index is 14.4. The fourth-order valence-electron chi connectivity index (χ4n) is 9.64. The van der Waals surface area contributed by atoms with Crippen molar-refractivity contribution in [1.29, 1.82) is 0 Å². The van der Waals surface area contributed by atoms with Crippen molar-refractivity contribution in [3.8, 4) is 61.4 Å². The molecule has 6 heteroatoms. The number of aryl methyl sites for hydroxylation is 4. The van der Waals surface area contributed by atoms with Crippen LogP contribution in [0.1, 0.15) is 133 Å². The van der Waals surface area contributed by atoms with Crippen molar-refractivity contribution in [3.63, 3.8) is 0 Å². The smallest absolute Gasteiger partial charge is 0.338 e. The fourth-order valence-corrected chi connectivity index (χ4v) is 9.64. The second kappa shape index (κ2) is 34.2. The Kier molecular flexibility index (Phi) is 26.3. The predicted molar refractivity (Wildman–Crippen MR) is 349 cm³/mol. The second-order valence-corrected chi connectivity index (χ2v) is 21.7. The molecule has 0 aliphatic heterocycles. The average Bonchev–Trinajstić information content (AvgIpc) is 3.69. The van der Waals surface area contributed by atoms with Gasteiger partial charge >= 0.3 is 11.9 Å². The molecule has 0 aliphatic carbocycles. The first kappa shape index (κ1) is 64.7. The van der Waals surface area contributed by atoms with E-state index in [9.17, 15) is 18.8 Å². The van der Waals surface area contributed by atoms with Crippen LogP contribution in [0.5, 0.6) is 5.75 Å². The van der Waals surface area contributed by atoms with Gasteiger partial charge in [0, 0.05) is 23.6 Å². The monoisotopic (exact) mass is 1120 g/mol. The van der Waals surface area contributed by atoms with Crippen molar-refractivity contribution in [1.82, 2.24) is 0 Å². The number of hydrogen-bond acceptors (Lipinski definition) is 5. The Labute approximate surface area is 501 Å². The molecule has 8 aromatic rings. The molecule has 0 unspecified atom stereocenters. The highest BCUT2D eigenvalue weighted by atomic mass is 19.1. The van der Waals surface area contributed by atoms with E-state index in [1.165, 1.54) is 114 Å². The molecule has 84 heavy (non-hydrogen) atoms. The van der Waals surface area contributed by atoms with Gasteiger partial charge in [-0.2, -0.15) is 0 Å². The van der Waals surface area contributed by atoms with Gasteiger partial charge in [0.15, 0.2) is 5.78 Å². The van der Waals surface area contributed by atoms with Crippen molar-refractivity contribution >= 4 is 17.7 Å². The second-order valence-electron chi connectivity index (χ2n) is 21.7. The van der Waals surface area contributed by atoms with Gasteiger partial charge in [-0.1, -0.05) is 250 Å². The highest BCUT2D eigenvalue weighted by Gasteiger charge is 2.12. The summed E-state index contributed by atoms with van der Waals surface area (Å²) in [5.74, 6) is -0.573. The van der Waals surface area contributed by atoms with E-state index in [1.54, 1.807) is 44.2 Å². The summed E-state index contributed by atoms with van der Waals surface area (Å²) in [4.78, 5) is 34.6. The molecule has 0 atom stereocenters. The molecule has 8 aromatic carbocycles. The standard InChI is InChI=1S/C30H34O.C26H26O2.C22H25FO2/c1-5-7-8-9-23-10-14-26(15-11-23)28-18-19-29(25(6-2)21-28)27-16-12-24(13-17-27)20-30(31)22(3)4;1-3-5-6-20-7-11-22(12-8-20)24-15-17-25(18-16-24)23-13-9-21(10-14-23)19-28-26(27)4-2;1-4-5-6-7-8-17-9-14-20(21(23)15-17)18-10-12-19(13-11-18)25-22(24)16(2)3/h10-19,21H,3,5-9,20H2,1-2,4H3;4,7-18H,2-3,5-6,19H2,1H3;9-15H,2,4-8H2,1,3H3. The van der Waals surface area contributed by atoms with Crippen molar-refractivity contribution in [2.24, 2.45) is 0 Å². The topological polar surface area (TPSA) is 69.7 Å². The van der Waals surface area contributed by atoms with Gasteiger partial charge in [-0.25, -0.2) is 14.0 Å². The fraction of sp³-hybridized carbons (Fsp3) is 0.269. The summed E-state index contributed by atoms with van der Waals surface area (Å²) in [5, 5.41) is 0. The summed E-state index contributed by atoms with van der Waals surface area (Å²) >= 11 is 0. The number of rotatable bonds is 26. The maximum absolute atomic E-state index is 14.4. The summed E-state index contributed by atoms with van der Waals surface area (Å²) in [6.45, 7) is 23.2. The van der Waals surface area contributed by atoms with Crippen molar-refractivity contribution in [3.05, 3.63) is 258 Å². The quantitative estimate of drug-likeness (QED) is 0.0234. The number of unbranched alkanes of at least 4 members (excludes halogenated alkanes) is 6. The number of carbonyl (C=O) groups excluding carboxylic acids is 3. The van der Waals surface area contributed by atoms with Gasteiger partial charge in [-0.15, -0.1) is 0 Å². The Hall–Kier alpha value is -8.48. The molecule has 8 rings (SSSR count). The molecule has 0 N–H and O–H groups in total. The Balaban J connectivity index is 0.000000203. The van der Waals surface area contributed by atoms with Gasteiger partial charge in [-0.05, 0) is 166 Å². The third kappa shape index (κ3) is 20.4. The lowest BCUT2D eigenvalue weighted by Gasteiger charge is -2.12. The number of esters is 2. The molecule has 0 aromatic heterocycles. The first-order chi connectivity index (χ1) is 40.7. The lowest BCUT2D eigenvalue weighted by molar-refractivity contribution is -0.139. The highest BCUT2D eigenvalue weighted by Crippen LogP contribution is 2.32. The van der Waals surface area contributed by atoms with Crippen LogP contribution in [0.15, 0.2) is 219 Å². The summed E-state index contributed by atoms with van der Waals surface area (Å²) < 4.78 is 24.6. The Morgan fingerprint density at radius 2 is 0.857 bits per heavy atom. The van der Waals surface area contributed by atoms with E-state index in [0.717, 1.165) is 59.1 Å². The summed E-state index contributed by atoms with van der Waals surface area (Å²) in [6, 6.07) is 62.0. The molecular formula is C78H85FO5. The number of carbonyl (C=O) groups is 3. The largest absolute Gasteiger partial charge is 0.458 e. The van der Waals surface area contributed by atoms with Crippen LogP contribution >= 0.6 is 0 Å². The number of allylic oxidation sites excluding steroid dienone is 1. The Morgan fingerprint density at radius 1 is 0.440 bits per heavy atom. The number of benzene rings is 8. The van der Waals surface area contributed by atoms with E-state index in [0.29, 0.717) is 28.9 Å². The van der Waals surface area contributed by atoms with Crippen LogP contribution in [0.25, 0.3) is 55.6 Å². The summed E-state index contributed by atoms with van der Waals surface area (Å²) in [7, 11) is 0. The van der Waals surface area contributed by atoms with Crippen LogP contribution in [0, 0.1) is 5.82 Å².